The quantitative estimate of drug-likeness (QED) is 0.662. The maximum Gasteiger partial charge on any atom is 0.257 e. The molecule has 1 aromatic heterocycles. The Morgan fingerprint density at radius 1 is 1.25 bits per heavy atom. The molecule has 6 rings (SSSR count). The Morgan fingerprint density at radius 2 is 2.00 bits per heavy atom. The molecule has 0 radical (unpaired) electrons. The Hall–Kier alpha value is -2.41. The summed E-state index contributed by atoms with van der Waals surface area (Å²) in [7, 11) is 1.56. The molecule has 2 atom stereocenters. The summed E-state index contributed by atoms with van der Waals surface area (Å²) >= 11 is 0. The number of amides is 1. The number of nitrogens with one attached hydrogen (secondary N) is 1. The monoisotopic (exact) mass is 442 g/mol. The number of methoxy groups -OCH3 is 1. The fraction of sp³-hybridized carbons (Fsp3) is 0.600. The molecule has 6 nitrogen and oxygen atoms in total. The molecule has 7 heteroatoms. The van der Waals surface area contributed by atoms with Crippen molar-refractivity contribution < 1.29 is 18.7 Å². The highest BCUT2D eigenvalue weighted by Gasteiger charge is 2.58. The van der Waals surface area contributed by atoms with Crippen LogP contribution in [0, 0.1) is 11.8 Å². The highest BCUT2D eigenvalue weighted by atomic mass is 19.1. The number of hydrogen-bond acceptors (Lipinski definition) is 4. The minimum Gasteiger partial charge on any atom is -0.495 e. The molecule has 4 aliphatic rings. The van der Waals surface area contributed by atoms with Crippen LogP contribution in [0.5, 0.6) is 5.75 Å². The number of carbonyl (C=O) groups excluding carboxylic acids is 1. The summed E-state index contributed by atoms with van der Waals surface area (Å²) < 4.78 is 28.2. The normalized spacial score (nSPS) is 30.6. The molecule has 32 heavy (non-hydrogen) atoms. The maximum atomic E-state index is 15.3. The summed E-state index contributed by atoms with van der Waals surface area (Å²) in [6.07, 6.45) is 5.86. The minimum atomic E-state index is -1.17. The Kier molecular flexibility index (Phi) is 5.27. The third-order valence-corrected chi connectivity index (χ3v) is 7.57. The van der Waals surface area contributed by atoms with E-state index in [1.807, 2.05) is 11.5 Å². The number of alkyl halides is 1. The average molecular weight is 443 g/mol. The van der Waals surface area contributed by atoms with Gasteiger partial charge in [0.15, 0.2) is 0 Å². The van der Waals surface area contributed by atoms with E-state index in [-0.39, 0.29) is 11.0 Å². The molecular formula is C25H31FN2O4. The predicted molar refractivity (Wildman–Crippen MR) is 120 cm³/mol. The van der Waals surface area contributed by atoms with Crippen LogP contribution in [0.1, 0.15) is 55.8 Å². The molecular weight excluding hydrogens is 411 g/mol. The van der Waals surface area contributed by atoms with E-state index in [1.165, 1.54) is 0 Å². The van der Waals surface area contributed by atoms with Crippen molar-refractivity contribution in [3.63, 3.8) is 0 Å². The largest absolute Gasteiger partial charge is 0.495 e. The van der Waals surface area contributed by atoms with E-state index in [0.717, 1.165) is 19.3 Å². The molecule has 2 aromatic rings. The minimum absolute atomic E-state index is 0.0888. The zero-order valence-electron chi connectivity index (χ0n) is 18.8. The second-order valence-electron chi connectivity index (χ2n) is 9.97. The first-order chi connectivity index (χ1) is 15.4. The van der Waals surface area contributed by atoms with Crippen LogP contribution >= 0.6 is 0 Å². The first kappa shape index (κ1) is 21.4. The van der Waals surface area contributed by atoms with Gasteiger partial charge in [0, 0.05) is 31.3 Å². The molecule has 2 unspecified atom stereocenters. The lowest BCUT2D eigenvalue weighted by molar-refractivity contribution is -0.0938. The maximum absolute atomic E-state index is 15.3. The number of aromatic nitrogens is 1. The Labute approximate surface area is 187 Å². The van der Waals surface area contributed by atoms with Crippen LogP contribution in [0.15, 0.2) is 29.2 Å². The number of carbonyl (C=O) groups is 1. The number of ether oxygens (including phenoxy) is 2. The van der Waals surface area contributed by atoms with E-state index in [1.54, 1.807) is 31.5 Å². The van der Waals surface area contributed by atoms with Crippen LogP contribution in [-0.2, 0) is 11.3 Å². The lowest BCUT2D eigenvalue weighted by Crippen LogP contribution is -2.64. The Balaban J connectivity index is 1.52. The highest BCUT2D eigenvalue weighted by molar-refractivity contribution is 5.98. The Morgan fingerprint density at radius 3 is 2.66 bits per heavy atom. The van der Waals surface area contributed by atoms with Crippen molar-refractivity contribution in [2.45, 2.75) is 63.2 Å². The van der Waals surface area contributed by atoms with Gasteiger partial charge in [-0.2, -0.15) is 0 Å². The van der Waals surface area contributed by atoms with Gasteiger partial charge in [-0.1, -0.05) is 6.07 Å². The molecule has 0 spiro atoms. The van der Waals surface area contributed by atoms with Crippen molar-refractivity contribution in [1.82, 2.24) is 9.88 Å². The number of rotatable bonds is 7. The Bertz CT molecular complexity index is 1100. The average Bonchev–Trinajstić information content (AvgIpc) is 2.72. The summed E-state index contributed by atoms with van der Waals surface area (Å²) in [6.45, 7) is 3.43. The van der Waals surface area contributed by atoms with Crippen molar-refractivity contribution in [2.75, 3.05) is 20.3 Å². The van der Waals surface area contributed by atoms with Crippen LogP contribution in [-0.4, -0.2) is 42.0 Å². The van der Waals surface area contributed by atoms with Crippen molar-refractivity contribution in [3.8, 4) is 5.75 Å². The van der Waals surface area contributed by atoms with Crippen molar-refractivity contribution >= 4 is 16.8 Å². The topological polar surface area (TPSA) is 69.6 Å². The van der Waals surface area contributed by atoms with Crippen molar-refractivity contribution in [3.05, 3.63) is 40.2 Å². The van der Waals surface area contributed by atoms with Gasteiger partial charge in [-0.05, 0) is 63.0 Å². The van der Waals surface area contributed by atoms with E-state index >= 15 is 4.39 Å². The van der Waals surface area contributed by atoms with E-state index < -0.39 is 17.1 Å². The number of para-hydroxylation sites is 1. The number of nitrogens with zero attached hydrogens (tertiary/aromatic N) is 1. The first-order valence-electron chi connectivity index (χ1n) is 11.6. The first-order valence-corrected chi connectivity index (χ1v) is 11.6. The smallest absolute Gasteiger partial charge is 0.257 e. The lowest BCUT2D eigenvalue weighted by Gasteiger charge is -2.59. The molecule has 0 aliphatic heterocycles. The van der Waals surface area contributed by atoms with Gasteiger partial charge in [-0.25, -0.2) is 4.39 Å². The number of fused-ring (bicyclic) bond motifs is 1. The number of hydrogen-bond donors (Lipinski definition) is 1. The van der Waals surface area contributed by atoms with Gasteiger partial charge in [0.2, 0.25) is 5.43 Å². The lowest BCUT2D eigenvalue weighted by atomic mass is 9.51. The van der Waals surface area contributed by atoms with E-state index in [0.29, 0.717) is 67.5 Å². The van der Waals surface area contributed by atoms with Crippen LogP contribution in [0.4, 0.5) is 4.39 Å². The molecule has 1 heterocycles. The van der Waals surface area contributed by atoms with Gasteiger partial charge in [-0.3, -0.25) is 9.59 Å². The van der Waals surface area contributed by atoms with Crippen LogP contribution in [0.3, 0.4) is 0 Å². The molecule has 1 aromatic carbocycles. The zero-order valence-corrected chi connectivity index (χ0v) is 18.8. The number of halogens is 1. The van der Waals surface area contributed by atoms with Crippen LogP contribution < -0.4 is 15.5 Å². The van der Waals surface area contributed by atoms with E-state index in [2.05, 4.69) is 5.32 Å². The van der Waals surface area contributed by atoms with Gasteiger partial charge < -0.3 is 19.4 Å². The summed E-state index contributed by atoms with van der Waals surface area (Å²) in [5.74, 6) is 0.814. The third kappa shape index (κ3) is 3.60. The molecule has 172 valence electrons. The van der Waals surface area contributed by atoms with Gasteiger partial charge in [0.25, 0.3) is 5.91 Å². The van der Waals surface area contributed by atoms with Gasteiger partial charge >= 0.3 is 0 Å². The molecule has 1 amide bonds. The number of pyridine rings is 1. The molecule has 4 saturated carbocycles. The third-order valence-electron chi connectivity index (χ3n) is 7.57. The second kappa shape index (κ2) is 7.87. The predicted octanol–water partition coefficient (Wildman–Crippen LogP) is 3.84. The van der Waals surface area contributed by atoms with Crippen LogP contribution in [0.25, 0.3) is 10.9 Å². The number of benzene rings is 1. The highest BCUT2D eigenvalue weighted by Crippen LogP contribution is 2.59. The SMILES string of the molecule is CCOCCn1cc(C(=O)NC23CC4CC(CC(F)(C4)C2)C3)c(=O)c2cccc(OC)c21. The molecule has 0 saturated heterocycles. The van der Waals surface area contributed by atoms with Gasteiger partial charge in [0.05, 0.1) is 24.6 Å². The second-order valence-corrected chi connectivity index (χ2v) is 9.97. The van der Waals surface area contributed by atoms with Crippen molar-refractivity contribution in [1.29, 1.82) is 0 Å². The summed E-state index contributed by atoms with van der Waals surface area (Å²) in [5.41, 5.74) is -1.31. The fourth-order valence-corrected chi connectivity index (χ4v) is 6.84. The molecule has 4 aliphatic carbocycles. The summed E-state index contributed by atoms with van der Waals surface area (Å²) in [5, 5.41) is 3.57. The molecule has 4 fully saturated rings. The summed E-state index contributed by atoms with van der Waals surface area (Å²) in [6, 6.07) is 5.27. The molecule has 1 N–H and O–H groups in total. The van der Waals surface area contributed by atoms with E-state index in [4.69, 9.17) is 9.47 Å². The van der Waals surface area contributed by atoms with E-state index in [9.17, 15) is 9.59 Å². The standard InChI is InChI=1S/C25H31FN2O4/c1-3-32-8-7-28-14-19(22(29)18-5-4-6-20(31-2)21(18)28)23(30)27-25-12-16-9-17(13-25)11-24(26,10-16)15-25/h4-6,14,16-17H,3,7-13,15H2,1-2H3,(H,27,30). The van der Waals surface area contributed by atoms with Crippen molar-refractivity contribution in [2.24, 2.45) is 11.8 Å². The zero-order chi connectivity index (χ0) is 22.5. The van der Waals surface area contributed by atoms with Crippen LogP contribution in [0.2, 0.25) is 0 Å². The fourth-order valence-electron chi connectivity index (χ4n) is 6.84. The summed E-state index contributed by atoms with van der Waals surface area (Å²) in [4.78, 5) is 26.8. The van der Waals surface area contributed by atoms with Gasteiger partial charge in [0.1, 0.15) is 17.0 Å². The molecule has 4 bridgehead atoms. The van der Waals surface area contributed by atoms with Gasteiger partial charge in [-0.15, -0.1) is 0 Å².